The van der Waals surface area contributed by atoms with Gasteiger partial charge in [-0.1, -0.05) is 25.3 Å². The van der Waals surface area contributed by atoms with E-state index in [2.05, 4.69) is 35.8 Å². The van der Waals surface area contributed by atoms with Crippen molar-refractivity contribution in [2.45, 2.75) is 63.0 Å². The van der Waals surface area contributed by atoms with Crippen LogP contribution in [0.25, 0.3) is 0 Å². The Hall–Kier alpha value is -3.93. The van der Waals surface area contributed by atoms with Crippen LogP contribution in [0.1, 0.15) is 43.2 Å². The minimum Gasteiger partial charge on any atom is -0.333 e. The van der Waals surface area contributed by atoms with Gasteiger partial charge < -0.3 is 25.8 Å². The number of nitrogens with zero attached hydrogens (tertiary/aromatic N) is 5. The highest BCUT2D eigenvalue weighted by atomic mass is 19.4. The predicted molar refractivity (Wildman–Crippen MR) is 157 cm³/mol. The van der Waals surface area contributed by atoms with Crippen molar-refractivity contribution >= 4 is 41.6 Å². The van der Waals surface area contributed by atoms with E-state index >= 15 is 0 Å². The van der Waals surface area contributed by atoms with Crippen LogP contribution < -0.4 is 20.9 Å². The fourth-order valence-corrected chi connectivity index (χ4v) is 5.64. The first-order chi connectivity index (χ1) is 19.7. The number of rotatable bonds is 7. The highest BCUT2D eigenvalue weighted by molar-refractivity contribution is 6.03. The Labute approximate surface area is 237 Å². The van der Waals surface area contributed by atoms with Crippen molar-refractivity contribution in [1.29, 1.82) is 0 Å². The number of amides is 2. The third kappa shape index (κ3) is 6.70. The molecule has 2 amide bonds. The van der Waals surface area contributed by atoms with Crippen LogP contribution in [-0.4, -0.2) is 68.3 Å². The van der Waals surface area contributed by atoms with Crippen molar-refractivity contribution in [1.82, 2.24) is 10.2 Å². The molecule has 2 aliphatic heterocycles. The topological polar surface area (TPSA) is 96.7 Å². The van der Waals surface area contributed by atoms with Crippen molar-refractivity contribution in [3.8, 4) is 0 Å². The van der Waals surface area contributed by atoms with E-state index in [0.717, 1.165) is 30.4 Å². The third-order valence-corrected chi connectivity index (χ3v) is 7.91. The number of benzene rings is 2. The molecule has 2 aromatic carbocycles. The smallest absolute Gasteiger partial charge is 0.333 e. The molecular weight excluding hydrogens is 533 g/mol. The van der Waals surface area contributed by atoms with Crippen LogP contribution in [0.3, 0.4) is 0 Å². The summed E-state index contributed by atoms with van der Waals surface area (Å²) in [5, 5.41) is 8.21. The number of urea groups is 1. The van der Waals surface area contributed by atoms with Crippen LogP contribution in [-0.2, 0) is 12.6 Å². The molecule has 3 aliphatic rings. The first kappa shape index (κ1) is 28.6. The second-order valence-corrected chi connectivity index (χ2v) is 10.6. The Balaban J connectivity index is 1.20. The van der Waals surface area contributed by atoms with Gasteiger partial charge in [0.05, 0.1) is 18.2 Å². The molecule has 9 nitrogen and oxygen atoms in total. The lowest BCUT2D eigenvalue weighted by Gasteiger charge is -2.31. The number of likely N-dealkylation sites (N-methyl/N-ethyl adjacent to an activating group) is 1. The van der Waals surface area contributed by atoms with Crippen molar-refractivity contribution in [3.05, 3.63) is 53.6 Å². The monoisotopic (exact) mass is 568 g/mol. The number of halogens is 3. The summed E-state index contributed by atoms with van der Waals surface area (Å²) in [7, 11) is 3.68. The zero-order chi connectivity index (χ0) is 29.0. The maximum atomic E-state index is 13.9. The number of nitrogens with one attached hydrogen (secondary N) is 3. The zero-order valence-electron chi connectivity index (χ0n) is 23.2. The molecule has 0 radical (unpaired) electrons. The Morgan fingerprint density at radius 2 is 1.78 bits per heavy atom. The molecule has 2 unspecified atom stereocenters. The summed E-state index contributed by atoms with van der Waals surface area (Å²) in [6.45, 7) is 0.554. The van der Waals surface area contributed by atoms with Gasteiger partial charge in [-0.25, -0.2) is 9.79 Å². The van der Waals surface area contributed by atoms with E-state index < -0.39 is 17.8 Å². The molecule has 12 heteroatoms. The first-order valence-corrected chi connectivity index (χ1v) is 13.9. The SMILES string of the molecule is CN=C1NC=NC2C1N=CN2c1ccc(NC(=O)Nc2ccc(CCN(C)C3CCCCC3)c(C(F)(F)F)c2)cc1. The van der Waals surface area contributed by atoms with Crippen LogP contribution in [0.5, 0.6) is 0 Å². The Bertz CT molecular complexity index is 1320. The van der Waals surface area contributed by atoms with E-state index in [1.807, 2.05) is 24.1 Å². The van der Waals surface area contributed by atoms with Crippen LogP contribution in [0.15, 0.2) is 57.4 Å². The summed E-state index contributed by atoms with van der Waals surface area (Å²) < 4.78 is 41.8. The van der Waals surface area contributed by atoms with Gasteiger partial charge in [-0.05, 0) is 68.3 Å². The molecule has 1 aliphatic carbocycles. The normalized spacial score (nSPS) is 21.7. The van der Waals surface area contributed by atoms with Crippen LogP contribution in [0.4, 0.5) is 35.0 Å². The minimum absolute atomic E-state index is 0.0762. The molecule has 41 heavy (non-hydrogen) atoms. The number of aliphatic imine (C=N–C) groups is 3. The van der Waals surface area contributed by atoms with E-state index in [4.69, 9.17) is 0 Å². The lowest BCUT2D eigenvalue weighted by molar-refractivity contribution is -0.138. The third-order valence-electron chi connectivity index (χ3n) is 7.91. The summed E-state index contributed by atoms with van der Waals surface area (Å²) >= 11 is 0. The molecule has 0 saturated heterocycles. The fraction of sp³-hybridized carbons (Fsp3) is 0.448. The Kier molecular flexibility index (Phi) is 8.57. The molecule has 3 N–H and O–H groups in total. The molecule has 1 fully saturated rings. The molecule has 0 bridgehead atoms. The van der Waals surface area contributed by atoms with Crippen molar-refractivity contribution < 1.29 is 18.0 Å². The lowest BCUT2D eigenvalue weighted by Crippen LogP contribution is -2.48. The Morgan fingerprint density at radius 3 is 2.49 bits per heavy atom. The summed E-state index contributed by atoms with van der Waals surface area (Å²) in [5.74, 6) is 0.729. The quantitative estimate of drug-likeness (QED) is 0.419. The molecule has 2 aromatic rings. The van der Waals surface area contributed by atoms with Gasteiger partial charge in [0.15, 0.2) is 6.17 Å². The zero-order valence-corrected chi connectivity index (χ0v) is 23.2. The summed E-state index contributed by atoms with van der Waals surface area (Å²) in [4.78, 5) is 29.9. The number of amidine groups is 1. The first-order valence-electron chi connectivity index (χ1n) is 13.9. The van der Waals surface area contributed by atoms with Crippen molar-refractivity contribution in [2.24, 2.45) is 15.0 Å². The van der Waals surface area contributed by atoms with Gasteiger partial charge in [-0.2, -0.15) is 13.2 Å². The van der Waals surface area contributed by atoms with Gasteiger partial charge in [-0.3, -0.25) is 9.98 Å². The van der Waals surface area contributed by atoms with Gasteiger partial charge >= 0.3 is 12.2 Å². The van der Waals surface area contributed by atoms with Crippen molar-refractivity contribution in [3.63, 3.8) is 0 Å². The Morgan fingerprint density at radius 1 is 1.07 bits per heavy atom. The number of hydrogen-bond donors (Lipinski definition) is 3. The van der Waals surface area contributed by atoms with Crippen molar-refractivity contribution in [2.75, 3.05) is 36.2 Å². The molecule has 0 aromatic heterocycles. The van der Waals surface area contributed by atoms with E-state index in [-0.39, 0.29) is 23.5 Å². The van der Waals surface area contributed by atoms with Gasteiger partial charge in [0.2, 0.25) is 0 Å². The fourth-order valence-electron chi connectivity index (χ4n) is 5.64. The van der Waals surface area contributed by atoms with E-state index in [1.54, 1.807) is 31.9 Å². The average molecular weight is 569 g/mol. The number of anilines is 3. The maximum absolute atomic E-state index is 13.9. The lowest BCUT2D eigenvalue weighted by atomic mass is 9.94. The molecule has 1 saturated carbocycles. The van der Waals surface area contributed by atoms with E-state index in [0.29, 0.717) is 24.7 Å². The number of hydrogen-bond acceptors (Lipinski definition) is 6. The molecule has 0 spiro atoms. The van der Waals surface area contributed by atoms with Crippen LogP contribution in [0, 0.1) is 0 Å². The summed E-state index contributed by atoms with van der Waals surface area (Å²) in [5.41, 5.74) is 0.888. The number of fused-ring (bicyclic) bond motifs is 1. The largest absolute Gasteiger partial charge is 0.416 e. The number of carbonyl (C=O) groups excluding carboxylic acids is 1. The molecule has 2 heterocycles. The highest BCUT2D eigenvalue weighted by Crippen LogP contribution is 2.35. The second kappa shape index (κ2) is 12.3. The number of alkyl halides is 3. The van der Waals surface area contributed by atoms with E-state index in [9.17, 15) is 18.0 Å². The molecule has 5 rings (SSSR count). The number of carbonyl (C=O) groups is 1. The van der Waals surface area contributed by atoms with Crippen LogP contribution in [0.2, 0.25) is 0 Å². The van der Waals surface area contributed by atoms with Gasteiger partial charge in [0.25, 0.3) is 0 Å². The van der Waals surface area contributed by atoms with Gasteiger partial charge in [0, 0.05) is 36.7 Å². The predicted octanol–water partition coefficient (Wildman–Crippen LogP) is 5.36. The van der Waals surface area contributed by atoms with E-state index in [1.165, 1.54) is 31.4 Å². The standard InChI is InChI=1S/C29H35F3N8O/c1-33-26-25-27(35-17-34-26)40(18-36-25)23-12-10-20(11-13-23)37-28(41)38-21-9-8-19(24(16-21)29(30,31)32)14-15-39(2)22-6-4-3-5-7-22/h8-13,16-18,22,25,27H,3-7,14-15H2,1-2H3,(H,33,34,35)(H2,37,38,41). The second-order valence-electron chi connectivity index (χ2n) is 10.6. The molecular formula is C29H35F3N8O. The van der Waals surface area contributed by atoms with Crippen LogP contribution >= 0.6 is 0 Å². The minimum atomic E-state index is -4.52. The van der Waals surface area contributed by atoms with Gasteiger partial charge in [-0.15, -0.1) is 0 Å². The summed E-state index contributed by atoms with van der Waals surface area (Å²) in [6, 6.07) is 10.6. The summed E-state index contributed by atoms with van der Waals surface area (Å²) in [6.07, 6.45) is 4.58. The van der Waals surface area contributed by atoms with Gasteiger partial charge in [0.1, 0.15) is 11.9 Å². The average Bonchev–Trinajstić information content (AvgIpc) is 3.41. The highest BCUT2D eigenvalue weighted by Gasteiger charge is 2.37. The maximum Gasteiger partial charge on any atom is 0.416 e. The molecule has 2 atom stereocenters. The molecule has 218 valence electrons.